The Morgan fingerprint density at radius 2 is 1.31 bits per heavy atom. The molecule has 94 valence electrons. The lowest BCUT2D eigenvalue weighted by Crippen LogP contribution is -2.42. The number of thioether (sulfide) groups is 1. The van der Waals surface area contributed by atoms with Crippen molar-refractivity contribution in [1.29, 1.82) is 0 Å². The monoisotopic (exact) mass is 246 g/mol. The molecule has 0 saturated carbocycles. The van der Waals surface area contributed by atoms with Crippen LogP contribution in [0.1, 0.15) is 25.7 Å². The van der Waals surface area contributed by atoms with Crippen molar-refractivity contribution in [2.75, 3.05) is 44.4 Å². The molecule has 2 saturated heterocycles. The summed E-state index contributed by atoms with van der Waals surface area (Å²) in [5, 5.41) is 24.0. The van der Waals surface area contributed by atoms with Crippen LogP contribution in [0, 0.1) is 10.4 Å². The highest BCUT2D eigenvalue weighted by molar-refractivity contribution is 7.99. The molecule has 2 aliphatic rings. The summed E-state index contributed by atoms with van der Waals surface area (Å²) in [5.41, 5.74) is 0. The van der Waals surface area contributed by atoms with Crippen molar-refractivity contribution in [2.45, 2.75) is 25.7 Å². The van der Waals surface area contributed by atoms with Gasteiger partial charge in [0.1, 0.15) is 5.88 Å². The van der Waals surface area contributed by atoms with Gasteiger partial charge < -0.3 is 19.7 Å². The molecule has 4 nitrogen and oxygen atoms in total. The molecular formula is C11H22N2O2S. The van der Waals surface area contributed by atoms with Crippen LogP contribution in [0.15, 0.2) is 0 Å². The van der Waals surface area contributed by atoms with E-state index in [2.05, 4.69) is 0 Å². The van der Waals surface area contributed by atoms with Crippen molar-refractivity contribution in [3.05, 3.63) is 10.4 Å². The Bertz CT molecular complexity index is 202. The van der Waals surface area contributed by atoms with E-state index >= 15 is 0 Å². The maximum absolute atomic E-state index is 12.0. The van der Waals surface area contributed by atoms with Gasteiger partial charge in [0.2, 0.25) is 0 Å². The zero-order valence-electron chi connectivity index (χ0n) is 9.90. The molecule has 2 rings (SSSR count). The first kappa shape index (κ1) is 12.6. The van der Waals surface area contributed by atoms with Gasteiger partial charge in [0, 0.05) is 31.4 Å². The fourth-order valence-corrected chi connectivity index (χ4v) is 3.82. The van der Waals surface area contributed by atoms with E-state index in [1.54, 1.807) is 11.8 Å². The van der Waals surface area contributed by atoms with Gasteiger partial charge in [-0.3, -0.25) is 0 Å². The summed E-state index contributed by atoms with van der Waals surface area (Å²) in [7, 11) is 0. The lowest BCUT2D eigenvalue weighted by Gasteiger charge is -2.40. The molecular weight excluding hydrogens is 224 g/mol. The second kappa shape index (κ2) is 5.23. The van der Waals surface area contributed by atoms with Gasteiger partial charge in [-0.25, -0.2) is 0 Å². The van der Waals surface area contributed by atoms with Crippen molar-refractivity contribution in [2.24, 2.45) is 0 Å². The summed E-state index contributed by atoms with van der Waals surface area (Å²) >= 11 is 1.68. The molecule has 2 heterocycles. The van der Waals surface area contributed by atoms with Crippen LogP contribution < -0.4 is 0 Å². The highest BCUT2D eigenvalue weighted by Crippen LogP contribution is 2.23. The van der Waals surface area contributed by atoms with Gasteiger partial charge in [-0.05, 0) is 0 Å². The van der Waals surface area contributed by atoms with E-state index in [4.69, 9.17) is 0 Å². The maximum Gasteiger partial charge on any atom is 0.125 e. The first-order valence-electron chi connectivity index (χ1n) is 6.34. The molecule has 5 heteroatoms. The molecule has 2 aliphatic heterocycles. The fourth-order valence-electron chi connectivity index (χ4n) is 2.64. The first-order chi connectivity index (χ1) is 7.62. The van der Waals surface area contributed by atoms with Gasteiger partial charge in [0.25, 0.3) is 0 Å². The van der Waals surface area contributed by atoms with Crippen LogP contribution in [0.4, 0.5) is 0 Å². The summed E-state index contributed by atoms with van der Waals surface area (Å²) in [4.78, 5) is 0. The molecule has 0 amide bonds. The zero-order valence-corrected chi connectivity index (χ0v) is 10.7. The summed E-state index contributed by atoms with van der Waals surface area (Å²) in [6.45, 7) is 3.84. The molecule has 0 bridgehead atoms. The fraction of sp³-hybridized carbons (Fsp3) is 1.00. The molecule has 0 atom stereocenters. The lowest BCUT2D eigenvalue weighted by atomic mass is 10.4. The van der Waals surface area contributed by atoms with Crippen LogP contribution >= 0.6 is 11.8 Å². The number of hydroxylamine groups is 6. The maximum atomic E-state index is 12.0. The average molecular weight is 246 g/mol. The Labute approximate surface area is 102 Å². The van der Waals surface area contributed by atoms with Gasteiger partial charge in [0.15, 0.2) is 0 Å². The van der Waals surface area contributed by atoms with Gasteiger partial charge in [-0.1, -0.05) is 11.8 Å². The van der Waals surface area contributed by atoms with Gasteiger partial charge in [-0.2, -0.15) is 0 Å². The van der Waals surface area contributed by atoms with Gasteiger partial charge in [-0.15, -0.1) is 0 Å². The number of rotatable bonds is 5. The minimum absolute atomic E-state index is 0.00808. The minimum Gasteiger partial charge on any atom is -0.633 e. The summed E-state index contributed by atoms with van der Waals surface area (Å²) < 4.78 is -0.0324. The quantitative estimate of drug-likeness (QED) is 0.423. The molecule has 0 aromatic heterocycles. The number of quaternary nitrogens is 2. The van der Waals surface area contributed by atoms with E-state index in [1.165, 1.54) is 0 Å². The standard InChI is InChI=1S/C11H22N2O2S/c14-12(5-1-2-6-12)9-10-16-11-13(15)7-3-4-8-13/h1-11H2. The highest BCUT2D eigenvalue weighted by Gasteiger charge is 2.25. The third kappa shape index (κ3) is 3.34. The smallest absolute Gasteiger partial charge is 0.125 e. The van der Waals surface area contributed by atoms with E-state index in [9.17, 15) is 10.4 Å². The van der Waals surface area contributed by atoms with Crippen molar-refractivity contribution in [1.82, 2.24) is 0 Å². The van der Waals surface area contributed by atoms with E-state index in [-0.39, 0.29) is 9.29 Å². The molecule has 16 heavy (non-hydrogen) atoms. The SMILES string of the molecule is [O-][N+]1(CCSC[N+]2([O-])CCCC2)CCCC1. The Balaban J connectivity index is 1.61. The molecule has 0 radical (unpaired) electrons. The van der Waals surface area contributed by atoms with E-state index < -0.39 is 0 Å². The third-order valence-corrected chi connectivity index (χ3v) is 4.86. The van der Waals surface area contributed by atoms with Gasteiger partial charge >= 0.3 is 0 Å². The van der Waals surface area contributed by atoms with Crippen LogP contribution in [0.2, 0.25) is 0 Å². The first-order valence-corrected chi connectivity index (χ1v) is 7.49. The minimum atomic E-state index is -0.0243. The van der Waals surface area contributed by atoms with Crippen molar-refractivity contribution < 1.29 is 9.29 Å². The largest absolute Gasteiger partial charge is 0.633 e. The molecule has 0 spiro atoms. The van der Waals surface area contributed by atoms with Crippen LogP contribution in [0.3, 0.4) is 0 Å². The normalized spacial score (nSPS) is 27.4. The summed E-state index contributed by atoms with van der Waals surface area (Å²) in [5.74, 6) is 1.51. The molecule has 2 fully saturated rings. The van der Waals surface area contributed by atoms with Crippen molar-refractivity contribution in [3.8, 4) is 0 Å². The van der Waals surface area contributed by atoms with Crippen molar-refractivity contribution in [3.63, 3.8) is 0 Å². The Hall–Kier alpha value is 0.190. The molecule has 0 aromatic carbocycles. The average Bonchev–Trinajstić information content (AvgIpc) is 2.84. The number of hydrogen-bond acceptors (Lipinski definition) is 3. The highest BCUT2D eigenvalue weighted by atomic mass is 32.2. The van der Waals surface area contributed by atoms with E-state index in [0.717, 1.165) is 57.6 Å². The molecule has 0 aromatic rings. The van der Waals surface area contributed by atoms with E-state index in [0.29, 0.717) is 12.4 Å². The van der Waals surface area contributed by atoms with Crippen LogP contribution in [0.5, 0.6) is 0 Å². The predicted molar refractivity (Wildman–Crippen MR) is 67.4 cm³/mol. The van der Waals surface area contributed by atoms with Crippen LogP contribution in [-0.2, 0) is 0 Å². The third-order valence-electron chi connectivity index (χ3n) is 3.73. The zero-order chi connectivity index (χ0) is 11.5. The van der Waals surface area contributed by atoms with Crippen LogP contribution in [0.25, 0.3) is 0 Å². The lowest BCUT2D eigenvalue weighted by molar-refractivity contribution is -0.866. The van der Waals surface area contributed by atoms with E-state index in [1.807, 2.05) is 0 Å². The topological polar surface area (TPSA) is 46.1 Å². The Morgan fingerprint density at radius 3 is 1.88 bits per heavy atom. The number of hydrogen-bond donors (Lipinski definition) is 0. The Morgan fingerprint density at radius 1 is 0.812 bits per heavy atom. The Kier molecular flexibility index (Phi) is 4.13. The second-order valence-electron chi connectivity index (χ2n) is 5.19. The van der Waals surface area contributed by atoms with Crippen LogP contribution in [-0.4, -0.2) is 53.6 Å². The molecule has 0 aliphatic carbocycles. The number of nitrogens with zero attached hydrogens (tertiary/aromatic N) is 2. The molecule has 0 unspecified atom stereocenters. The van der Waals surface area contributed by atoms with Crippen molar-refractivity contribution >= 4 is 11.8 Å². The number of likely N-dealkylation sites (tertiary alicyclic amines) is 2. The summed E-state index contributed by atoms with van der Waals surface area (Å²) in [6, 6.07) is 0. The van der Waals surface area contributed by atoms with Gasteiger partial charge in [0.05, 0.1) is 32.7 Å². The molecule has 0 N–H and O–H groups in total. The second-order valence-corrected chi connectivity index (χ2v) is 6.26. The predicted octanol–water partition coefficient (Wildman–Crippen LogP) is 1.89. The summed E-state index contributed by atoms with van der Waals surface area (Å²) in [6.07, 6.45) is 4.31.